The number of halogens is 1. The third-order valence-corrected chi connectivity index (χ3v) is 7.77. The molecular formula is C33H28FN3O5S. The molecule has 3 amide bonds. The number of fused-ring (bicyclic) bond motifs is 1. The number of anilines is 2. The van der Waals surface area contributed by atoms with Crippen LogP contribution in [-0.2, 0) is 9.59 Å². The number of thioether (sulfide) groups is 1. The Morgan fingerprint density at radius 3 is 2.40 bits per heavy atom. The van der Waals surface area contributed by atoms with Gasteiger partial charge in [0.25, 0.3) is 11.8 Å². The smallest absolute Gasteiger partial charge is 0.272 e. The number of benzene rings is 4. The Kier molecular flexibility index (Phi) is 9.38. The number of rotatable bonds is 10. The van der Waals surface area contributed by atoms with Crippen LogP contribution >= 0.6 is 11.8 Å². The largest absolute Gasteiger partial charge is 0.454 e. The van der Waals surface area contributed by atoms with Crippen LogP contribution in [0.3, 0.4) is 0 Å². The molecule has 10 heteroatoms. The van der Waals surface area contributed by atoms with Crippen molar-refractivity contribution in [3.8, 4) is 11.5 Å². The Bertz CT molecular complexity index is 1680. The Morgan fingerprint density at radius 1 is 0.860 bits per heavy atom. The fourth-order valence-electron chi connectivity index (χ4n) is 4.22. The second kappa shape index (κ2) is 13.7. The SMILES string of the molecule is CCC(Sc1cccc(NC(=O)/C(=C/c2ccccc2F)NC(=O)c2ccccc2)c1)C(=O)Nc1ccc2c(c1)OCO2. The number of nitrogens with one attached hydrogen (secondary N) is 3. The summed E-state index contributed by atoms with van der Waals surface area (Å²) >= 11 is 1.35. The van der Waals surface area contributed by atoms with Gasteiger partial charge in [-0.3, -0.25) is 14.4 Å². The summed E-state index contributed by atoms with van der Waals surface area (Å²) in [5.74, 6) is -0.663. The van der Waals surface area contributed by atoms with E-state index in [-0.39, 0.29) is 24.0 Å². The van der Waals surface area contributed by atoms with E-state index in [9.17, 15) is 18.8 Å². The van der Waals surface area contributed by atoms with Crippen molar-refractivity contribution in [2.45, 2.75) is 23.5 Å². The van der Waals surface area contributed by atoms with Crippen molar-refractivity contribution in [3.63, 3.8) is 0 Å². The zero-order valence-electron chi connectivity index (χ0n) is 23.1. The molecule has 43 heavy (non-hydrogen) atoms. The lowest BCUT2D eigenvalue weighted by atomic mass is 10.1. The quantitative estimate of drug-likeness (QED) is 0.143. The van der Waals surface area contributed by atoms with Crippen LogP contribution in [0, 0.1) is 5.82 Å². The summed E-state index contributed by atoms with van der Waals surface area (Å²) in [5, 5.41) is 7.89. The van der Waals surface area contributed by atoms with Crippen LogP contribution in [0.5, 0.6) is 11.5 Å². The molecule has 0 spiro atoms. The van der Waals surface area contributed by atoms with Crippen LogP contribution in [0.25, 0.3) is 6.08 Å². The molecule has 1 atom stereocenters. The maximum Gasteiger partial charge on any atom is 0.272 e. The monoisotopic (exact) mass is 597 g/mol. The van der Waals surface area contributed by atoms with Gasteiger partial charge in [0, 0.05) is 33.5 Å². The van der Waals surface area contributed by atoms with Gasteiger partial charge in [0.1, 0.15) is 11.5 Å². The van der Waals surface area contributed by atoms with Gasteiger partial charge in [-0.1, -0.05) is 49.4 Å². The molecule has 4 aromatic carbocycles. The standard InChI is InChI=1S/C33H28FN3O5S/c1-2-30(33(40)36-24-15-16-28-29(19-24)42-20-41-28)43-25-13-8-12-23(18-25)35-32(39)27(17-22-11-6-7-14-26(22)34)37-31(38)21-9-4-3-5-10-21/h3-19,30H,2,20H2,1H3,(H,35,39)(H,36,40)(H,37,38)/b27-17-. The number of carbonyl (C=O) groups is 3. The molecule has 0 bridgehead atoms. The molecule has 218 valence electrons. The number of hydrogen-bond donors (Lipinski definition) is 3. The predicted molar refractivity (Wildman–Crippen MR) is 164 cm³/mol. The van der Waals surface area contributed by atoms with Crippen LogP contribution in [0.1, 0.15) is 29.3 Å². The van der Waals surface area contributed by atoms with Crippen LogP contribution < -0.4 is 25.4 Å². The van der Waals surface area contributed by atoms with Gasteiger partial charge in [-0.2, -0.15) is 0 Å². The number of carbonyl (C=O) groups excluding carboxylic acids is 3. The maximum atomic E-state index is 14.4. The highest BCUT2D eigenvalue weighted by atomic mass is 32.2. The third kappa shape index (κ3) is 7.60. The second-order valence-electron chi connectivity index (χ2n) is 9.45. The van der Waals surface area contributed by atoms with E-state index < -0.39 is 22.9 Å². The first-order valence-electron chi connectivity index (χ1n) is 13.5. The van der Waals surface area contributed by atoms with Crippen molar-refractivity contribution < 1.29 is 28.2 Å². The Morgan fingerprint density at radius 2 is 1.60 bits per heavy atom. The van der Waals surface area contributed by atoms with Crippen molar-refractivity contribution in [1.82, 2.24) is 5.32 Å². The summed E-state index contributed by atoms with van der Waals surface area (Å²) in [6.45, 7) is 2.06. The van der Waals surface area contributed by atoms with E-state index in [0.29, 0.717) is 34.9 Å². The molecule has 0 fully saturated rings. The van der Waals surface area contributed by atoms with Crippen molar-refractivity contribution in [2.24, 2.45) is 0 Å². The topological polar surface area (TPSA) is 106 Å². The highest BCUT2D eigenvalue weighted by Crippen LogP contribution is 2.35. The van der Waals surface area contributed by atoms with Crippen molar-refractivity contribution in [1.29, 1.82) is 0 Å². The summed E-state index contributed by atoms with van der Waals surface area (Å²) < 4.78 is 25.1. The highest BCUT2D eigenvalue weighted by Gasteiger charge is 2.21. The molecule has 1 aliphatic heterocycles. The number of hydrogen-bond acceptors (Lipinski definition) is 6. The fourth-order valence-corrected chi connectivity index (χ4v) is 5.23. The minimum atomic E-state index is -0.637. The average molecular weight is 598 g/mol. The molecular weight excluding hydrogens is 569 g/mol. The van der Waals surface area contributed by atoms with Crippen LogP contribution in [0.2, 0.25) is 0 Å². The zero-order chi connectivity index (χ0) is 30.2. The first kappa shape index (κ1) is 29.4. The van der Waals surface area contributed by atoms with E-state index in [2.05, 4.69) is 16.0 Å². The lowest BCUT2D eigenvalue weighted by Gasteiger charge is -2.16. The summed E-state index contributed by atoms with van der Waals surface area (Å²) in [6.07, 6.45) is 1.84. The molecule has 0 aliphatic carbocycles. The summed E-state index contributed by atoms with van der Waals surface area (Å²) in [5.41, 5.74) is 1.39. The lowest BCUT2D eigenvalue weighted by Crippen LogP contribution is -2.30. The third-order valence-electron chi connectivity index (χ3n) is 6.41. The average Bonchev–Trinajstić information content (AvgIpc) is 3.49. The van der Waals surface area contributed by atoms with E-state index >= 15 is 0 Å². The molecule has 0 aromatic heterocycles. The number of amides is 3. The molecule has 4 aromatic rings. The van der Waals surface area contributed by atoms with Crippen molar-refractivity contribution in [3.05, 3.63) is 120 Å². The first-order chi connectivity index (χ1) is 20.9. The summed E-state index contributed by atoms with van der Waals surface area (Å²) in [6, 6.07) is 26.6. The fraction of sp³-hybridized carbons (Fsp3) is 0.121. The van der Waals surface area contributed by atoms with E-state index in [4.69, 9.17) is 9.47 Å². The molecule has 1 unspecified atom stereocenters. The zero-order valence-corrected chi connectivity index (χ0v) is 24.0. The highest BCUT2D eigenvalue weighted by molar-refractivity contribution is 8.00. The first-order valence-corrected chi connectivity index (χ1v) is 14.4. The van der Waals surface area contributed by atoms with E-state index in [1.54, 1.807) is 72.8 Å². The van der Waals surface area contributed by atoms with Gasteiger partial charge < -0.3 is 25.4 Å². The minimum Gasteiger partial charge on any atom is -0.454 e. The van der Waals surface area contributed by atoms with Gasteiger partial charge in [-0.25, -0.2) is 4.39 Å². The Hall–Kier alpha value is -5.09. The van der Waals surface area contributed by atoms with Crippen molar-refractivity contribution >= 4 is 46.9 Å². The molecule has 0 saturated heterocycles. The summed E-state index contributed by atoms with van der Waals surface area (Å²) in [7, 11) is 0. The van der Waals surface area contributed by atoms with Crippen LogP contribution in [0.15, 0.2) is 108 Å². The van der Waals surface area contributed by atoms with Gasteiger partial charge in [-0.15, -0.1) is 11.8 Å². The van der Waals surface area contributed by atoms with Crippen LogP contribution in [-0.4, -0.2) is 29.8 Å². The predicted octanol–water partition coefficient (Wildman–Crippen LogP) is 6.47. The molecule has 1 heterocycles. The Labute approximate surface area is 252 Å². The van der Waals surface area contributed by atoms with Gasteiger partial charge in [0.15, 0.2) is 11.5 Å². The molecule has 0 radical (unpaired) electrons. The normalized spacial score (nSPS) is 12.7. The van der Waals surface area contributed by atoms with E-state index in [1.165, 1.54) is 36.0 Å². The summed E-state index contributed by atoms with van der Waals surface area (Å²) in [4.78, 5) is 40.1. The van der Waals surface area contributed by atoms with Gasteiger partial charge in [0.2, 0.25) is 12.7 Å². The molecule has 5 rings (SSSR count). The van der Waals surface area contributed by atoms with Gasteiger partial charge >= 0.3 is 0 Å². The lowest BCUT2D eigenvalue weighted by molar-refractivity contribution is -0.116. The maximum absolute atomic E-state index is 14.4. The van der Waals surface area contributed by atoms with E-state index in [0.717, 1.165) is 4.90 Å². The van der Waals surface area contributed by atoms with Crippen LogP contribution in [0.4, 0.5) is 15.8 Å². The minimum absolute atomic E-state index is 0.133. The van der Waals surface area contributed by atoms with Gasteiger partial charge in [-0.05, 0) is 61.0 Å². The number of ether oxygens (including phenoxy) is 2. The van der Waals surface area contributed by atoms with E-state index in [1.807, 2.05) is 13.0 Å². The Balaban J connectivity index is 1.29. The van der Waals surface area contributed by atoms with Crippen molar-refractivity contribution in [2.75, 3.05) is 17.4 Å². The molecule has 8 nitrogen and oxygen atoms in total. The molecule has 1 aliphatic rings. The van der Waals surface area contributed by atoms with Gasteiger partial charge in [0.05, 0.1) is 5.25 Å². The molecule has 0 saturated carbocycles. The molecule has 3 N–H and O–H groups in total. The second-order valence-corrected chi connectivity index (χ2v) is 10.7.